The second-order valence-corrected chi connectivity index (χ2v) is 9.76. The SMILES string of the molecule is COc1ccc(C(OS(=O)(=O)c2ccc(C)cc2)(c2ccc(OC)cc2)c2ccc(OC)cc2)cc1. The molecule has 0 saturated heterocycles. The normalized spacial score (nSPS) is 11.7. The van der Waals surface area contributed by atoms with Crippen molar-refractivity contribution in [3.05, 3.63) is 119 Å². The van der Waals surface area contributed by atoms with Gasteiger partial charge in [0.25, 0.3) is 10.1 Å². The van der Waals surface area contributed by atoms with Gasteiger partial charge in [-0.05, 0) is 72.1 Å². The Bertz CT molecular complexity index is 1280. The number of methoxy groups -OCH3 is 3. The number of aryl methyl sites for hydroxylation is 1. The van der Waals surface area contributed by atoms with E-state index < -0.39 is 15.7 Å². The molecule has 4 aromatic carbocycles. The average molecular weight is 505 g/mol. The van der Waals surface area contributed by atoms with Gasteiger partial charge < -0.3 is 14.2 Å². The van der Waals surface area contributed by atoms with Gasteiger partial charge in [0.05, 0.1) is 26.2 Å². The van der Waals surface area contributed by atoms with Crippen LogP contribution < -0.4 is 14.2 Å². The molecule has 4 rings (SSSR count). The molecule has 0 unspecified atom stereocenters. The predicted octanol–water partition coefficient (Wildman–Crippen LogP) is 5.72. The van der Waals surface area contributed by atoms with Crippen LogP contribution in [0.25, 0.3) is 0 Å². The van der Waals surface area contributed by atoms with E-state index in [9.17, 15) is 8.42 Å². The van der Waals surface area contributed by atoms with E-state index in [2.05, 4.69) is 0 Å². The van der Waals surface area contributed by atoms with Gasteiger partial charge in [-0.3, -0.25) is 0 Å². The molecule has 0 fully saturated rings. The summed E-state index contributed by atoms with van der Waals surface area (Å²) in [5.41, 5.74) is 1.24. The van der Waals surface area contributed by atoms with Gasteiger partial charge in [0.1, 0.15) is 17.2 Å². The summed E-state index contributed by atoms with van der Waals surface area (Å²) in [6.07, 6.45) is 0. The van der Waals surface area contributed by atoms with Crippen LogP contribution >= 0.6 is 0 Å². The highest BCUT2D eigenvalue weighted by molar-refractivity contribution is 7.86. The Labute approximate surface area is 212 Å². The van der Waals surface area contributed by atoms with Gasteiger partial charge in [-0.2, -0.15) is 8.42 Å². The minimum atomic E-state index is -4.22. The zero-order valence-corrected chi connectivity index (χ0v) is 21.4. The van der Waals surface area contributed by atoms with Gasteiger partial charge in [0.2, 0.25) is 0 Å². The first kappa shape index (κ1) is 25.3. The first-order valence-corrected chi connectivity index (χ1v) is 12.7. The number of rotatable bonds is 9. The number of hydrogen-bond donors (Lipinski definition) is 0. The molecule has 36 heavy (non-hydrogen) atoms. The smallest absolute Gasteiger partial charge is 0.298 e. The van der Waals surface area contributed by atoms with E-state index in [4.69, 9.17) is 18.4 Å². The Morgan fingerprint density at radius 3 is 1.17 bits per heavy atom. The van der Waals surface area contributed by atoms with E-state index in [1.54, 1.807) is 118 Å². The van der Waals surface area contributed by atoms with Crippen LogP contribution in [0.15, 0.2) is 102 Å². The number of ether oxygens (including phenoxy) is 3. The Kier molecular flexibility index (Phi) is 7.33. The second kappa shape index (κ2) is 10.4. The molecule has 0 spiro atoms. The van der Waals surface area contributed by atoms with E-state index in [1.165, 1.54) is 0 Å². The molecule has 0 bridgehead atoms. The van der Waals surface area contributed by atoms with E-state index in [1.807, 2.05) is 6.92 Å². The lowest BCUT2D eigenvalue weighted by molar-refractivity contribution is 0.163. The van der Waals surface area contributed by atoms with E-state index in [0.29, 0.717) is 33.9 Å². The van der Waals surface area contributed by atoms with Crippen LogP contribution in [0.1, 0.15) is 22.3 Å². The molecular formula is C29H28O6S. The Hall–Kier alpha value is -3.81. The molecule has 0 aliphatic carbocycles. The van der Waals surface area contributed by atoms with Gasteiger partial charge in [0, 0.05) is 0 Å². The van der Waals surface area contributed by atoms with Gasteiger partial charge in [-0.25, -0.2) is 4.18 Å². The fraction of sp³-hybridized carbons (Fsp3) is 0.172. The second-order valence-electron chi connectivity index (χ2n) is 8.22. The largest absolute Gasteiger partial charge is 0.497 e. The zero-order valence-electron chi connectivity index (χ0n) is 20.6. The molecule has 6 nitrogen and oxygen atoms in total. The maximum atomic E-state index is 13.8. The van der Waals surface area contributed by atoms with Crippen LogP contribution in [-0.2, 0) is 19.9 Å². The minimum Gasteiger partial charge on any atom is -0.497 e. The highest BCUT2D eigenvalue weighted by Gasteiger charge is 2.43. The van der Waals surface area contributed by atoms with Gasteiger partial charge >= 0.3 is 0 Å². The lowest BCUT2D eigenvalue weighted by atomic mass is 9.80. The summed E-state index contributed by atoms with van der Waals surface area (Å²) in [4.78, 5) is 0.0630. The first-order valence-electron chi connectivity index (χ1n) is 11.3. The summed E-state index contributed by atoms with van der Waals surface area (Å²) in [6.45, 7) is 1.90. The molecule has 4 aromatic rings. The summed E-state index contributed by atoms with van der Waals surface area (Å²) in [7, 11) is 0.511. The van der Waals surface area contributed by atoms with E-state index in [-0.39, 0.29) is 4.90 Å². The van der Waals surface area contributed by atoms with Crippen LogP contribution in [0.3, 0.4) is 0 Å². The van der Waals surface area contributed by atoms with Gasteiger partial charge in [0.15, 0.2) is 5.60 Å². The molecule has 7 heteroatoms. The summed E-state index contributed by atoms with van der Waals surface area (Å²) in [5.74, 6) is 1.91. The van der Waals surface area contributed by atoms with Crippen molar-refractivity contribution in [2.75, 3.05) is 21.3 Å². The molecule has 0 heterocycles. The molecular weight excluding hydrogens is 476 g/mol. The third-order valence-corrected chi connectivity index (χ3v) is 7.35. The lowest BCUT2D eigenvalue weighted by Gasteiger charge is -2.35. The Morgan fingerprint density at radius 1 is 0.528 bits per heavy atom. The summed E-state index contributed by atoms with van der Waals surface area (Å²) in [5, 5.41) is 0. The van der Waals surface area contributed by atoms with Gasteiger partial charge in [-0.15, -0.1) is 0 Å². The van der Waals surface area contributed by atoms with Crippen molar-refractivity contribution in [2.24, 2.45) is 0 Å². The molecule has 0 amide bonds. The molecule has 0 aliphatic rings. The molecule has 0 aromatic heterocycles. The average Bonchev–Trinajstić information content (AvgIpc) is 2.92. The van der Waals surface area contributed by atoms with Crippen molar-refractivity contribution in [3.8, 4) is 17.2 Å². The Balaban J connectivity index is 2.01. The van der Waals surface area contributed by atoms with Crippen LogP contribution in [0.4, 0.5) is 0 Å². The van der Waals surface area contributed by atoms with Crippen LogP contribution in [0.2, 0.25) is 0 Å². The van der Waals surface area contributed by atoms with Crippen LogP contribution in [0.5, 0.6) is 17.2 Å². The standard InChI is InChI=1S/C29H28O6S/c1-21-5-19-28(20-6-21)36(30,31)35-29(22-7-13-25(32-2)14-8-22,23-9-15-26(33-3)16-10-23)24-11-17-27(34-4)18-12-24/h5-20H,1-4H3. The molecule has 0 atom stereocenters. The fourth-order valence-electron chi connectivity index (χ4n) is 4.04. The molecule has 0 radical (unpaired) electrons. The third kappa shape index (κ3) is 4.94. The lowest BCUT2D eigenvalue weighted by Crippen LogP contribution is -2.35. The van der Waals surface area contributed by atoms with Gasteiger partial charge in [-0.1, -0.05) is 54.1 Å². The van der Waals surface area contributed by atoms with Crippen LogP contribution in [-0.4, -0.2) is 29.7 Å². The monoisotopic (exact) mass is 504 g/mol. The highest BCUT2D eigenvalue weighted by Crippen LogP contribution is 2.44. The Morgan fingerprint density at radius 2 is 0.861 bits per heavy atom. The molecule has 186 valence electrons. The summed E-state index contributed by atoms with van der Waals surface area (Å²) in [6, 6.07) is 28.1. The maximum absolute atomic E-state index is 13.8. The summed E-state index contributed by atoms with van der Waals surface area (Å²) < 4.78 is 49.8. The van der Waals surface area contributed by atoms with Crippen molar-refractivity contribution in [3.63, 3.8) is 0 Å². The van der Waals surface area contributed by atoms with E-state index >= 15 is 0 Å². The molecule has 0 N–H and O–H groups in total. The van der Waals surface area contributed by atoms with Crippen molar-refractivity contribution in [1.82, 2.24) is 0 Å². The zero-order chi connectivity index (χ0) is 25.8. The third-order valence-electron chi connectivity index (χ3n) is 6.03. The fourth-order valence-corrected chi connectivity index (χ4v) is 5.22. The van der Waals surface area contributed by atoms with Crippen molar-refractivity contribution in [1.29, 1.82) is 0 Å². The van der Waals surface area contributed by atoms with E-state index in [0.717, 1.165) is 5.56 Å². The van der Waals surface area contributed by atoms with Crippen LogP contribution in [0, 0.1) is 6.92 Å². The van der Waals surface area contributed by atoms with Crippen molar-refractivity contribution >= 4 is 10.1 Å². The molecule has 0 saturated carbocycles. The highest BCUT2D eigenvalue weighted by atomic mass is 32.2. The van der Waals surface area contributed by atoms with Crippen molar-refractivity contribution < 1.29 is 26.8 Å². The number of benzene rings is 4. The number of hydrogen-bond acceptors (Lipinski definition) is 6. The maximum Gasteiger partial charge on any atom is 0.298 e. The summed E-state index contributed by atoms with van der Waals surface area (Å²) >= 11 is 0. The molecule has 0 aliphatic heterocycles. The predicted molar refractivity (Wildman–Crippen MR) is 138 cm³/mol. The first-order chi connectivity index (χ1) is 17.3. The topological polar surface area (TPSA) is 71.1 Å². The minimum absolute atomic E-state index is 0.0630. The van der Waals surface area contributed by atoms with Crippen molar-refractivity contribution in [2.45, 2.75) is 17.4 Å². The quantitative estimate of drug-likeness (QED) is 0.215.